The summed E-state index contributed by atoms with van der Waals surface area (Å²) in [5.41, 5.74) is 7.31. The van der Waals surface area contributed by atoms with Crippen LogP contribution in [0.25, 0.3) is 0 Å². The Morgan fingerprint density at radius 1 is 0.565 bits per heavy atom. The Labute approximate surface area is 149 Å². The predicted molar refractivity (Wildman–Crippen MR) is 111 cm³/mol. The second-order valence-corrected chi connectivity index (χ2v) is 12.8. The average molecular weight is 342 g/mol. The van der Waals surface area contributed by atoms with E-state index in [1.807, 2.05) is 0 Å². The quantitative estimate of drug-likeness (QED) is 0.216. The number of hydrogen-bond acceptors (Lipinski definition) is 1. The van der Waals surface area contributed by atoms with Gasteiger partial charge in [0.15, 0.2) is 0 Å². The van der Waals surface area contributed by atoms with E-state index in [1.165, 1.54) is 102 Å². The molecule has 0 heterocycles. The lowest BCUT2D eigenvalue weighted by atomic mass is 10.2. The van der Waals surface area contributed by atoms with Gasteiger partial charge in [0.05, 0.1) is 8.07 Å². The lowest BCUT2D eigenvalue weighted by Crippen LogP contribution is -2.52. The minimum absolute atomic E-state index is 0.548. The van der Waals surface area contributed by atoms with Gasteiger partial charge in [-0.1, -0.05) is 123 Å². The lowest BCUT2D eigenvalue weighted by molar-refractivity contribution is 0.645. The van der Waals surface area contributed by atoms with Gasteiger partial charge in [0, 0.05) is 0 Å². The highest BCUT2D eigenvalue weighted by Gasteiger charge is 2.36. The molecule has 0 rings (SSSR count). The highest BCUT2D eigenvalue weighted by atomic mass is 28.3. The summed E-state index contributed by atoms with van der Waals surface area (Å²) in [6.45, 7) is 9.28. The van der Waals surface area contributed by atoms with Crippen LogP contribution in [0.15, 0.2) is 0 Å². The first kappa shape index (κ1) is 23.2. The summed E-state index contributed by atoms with van der Waals surface area (Å²) in [7, 11) is -1.27. The molecule has 0 aromatic carbocycles. The van der Waals surface area contributed by atoms with Crippen LogP contribution in [0.3, 0.4) is 0 Å². The Hall–Kier alpha value is 0.177. The Balaban J connectivity index is 4.66. The van der Waals surface area contributed by atoms with E-state index in [9.17, 15) is 0 Å². The molecule has 0 bridgehead atoms. The number of rotatable bonds is 17. The Morgan fingerprint density at radius 2 is 0.913 bits per heavy atom. The van der Waals surface area contributed by atoms with E-state index in [2.05, 4.69) is 27.7 Å². The monoisotopic (exact) mass is 341 g/mol. The third-order valence-electron chi connectivity index (χ3n) is 5.81. The van der Waals surface area contributed by atoms with Gasteiger partial charge < -0.3 is 5.73 Å². The molecule has 0 aliphatic heterocycles. The molecule has 0 saturated carbocycles. The van der Waals surface area contributed by atoms with Crippen LogP contribution in [-0.2, 0) is 0 Å². The van der Waals surface area contributed by atoms with E-state index in [4.69, 9.17) is 5.73 Å². The van der Waals surface area contributed by atoms with Crippen molar-refractivity contribution in [2.45, 2.75) is 135 Å². The maximum absolute atomic E-state index is 6.76. The lowest BCUT2D eigenvalue weighted by Gasteiger charge is -2.38. The Bertz CT molecular complexity index is 211. The molecule has 1 nitrogen and oxygen atoms in total. The van der Waals surface area contributed by atoms with Crippen molar-refractivity contribution in [2.24, 2.45) is 5.73 Å². The minimum atomic E-state index is -1.27. The first-order valence-electron chi connectivity index (χ1n) is 10.9. The van der Waals surface area contributed by atoms with Crippen molar-refractivity contribution in [3.63, 3.8) is 0 Å². The highest BCUT2D eigenvalue weighted by Crippen LogP contribution is 2.33. The first-order chi connectivity index (χ1) is 11.2. The summed E-state index contributed by atoms with van der Waals surface area (Å²) in [5.74, 6) is 0. The summed E-state index contributed by atoms with van der Waals surface area (Å²) in [4.78, 5) is 0. The third kappa shape index (κ3) is 10.6. The zero-order valence-electron chi connectivity index (χ0n) is 17.0. The first-order valence-corrected chi connectivity index (χ1v) is 13.6. The van der Waals surface area contributed by atoms with Crippen molar-refractivity contribution < 1.29 is 0 Å². The van der Waals surface area contributed by atoms with Crippen LogP contribution in [-0.4, -0.2) is 13.7 Å². The van der Waals surface area contributed by atoms with Gasteiger partial charge in [-0.05, 0) is 12.1 Å². The molecule has 23 heavy (non-hydrogen) atoms. The largest absolute Gasteiger partial charge is 0.330 e. The standard InChI is InChI=1S/C21H47NSi/c1-5-9-12-15-18-23(21(22)8-4,19-16-13-10-6-2)20-17-14-11-7-3/h21H,5-20,22H2,1-4H3. The van der Waals surface area contributed by atoms with Crippen LogP contribution in [0.2, 0.25) is 18.1 Å². The van der Waals surface area contributed by atoms with E-state index in [1.54, 1.807) is 0 Å². The maximum Gasteiger partial charge on any atom is 0.0723 e. The van der Waals surface area contributed by atoms with Crippen molar-refractivity contribution in [1.82, 2.24) is 0 Å². The van der Waals surface area contributed by atoms with Crippen molar-refractivity contribution in [2.75, 3.05) is 0 Å². The minimum Gasteiger partial charge on any atom is -0.330 e. The Kier molecular flexibility index (Phi) is 15.8. The molecule has 2 N–H and O–H groups in total. The third-order valence-corrected chi connectivity index (χ3v) is 11.8. The Morgan fingerprint density at radius 3 is 1.17 bits per heavy atom. The van der Waals surface area contributed by atoms with Gasteiger partial charge in [-0.15, -0.1) is 0 Å². The fourth-order valence-electron chi connectivity index (χ4n) is 4.08. The molecule has 1 unspecified atom stereocenters. The zero-order valence-corrected chi connectivity index (χ0v) is 18.0. The van der Waals surface area contributed by atoms with Crippen molar-refractivity contribution in [3.8, 4) is 0 Å². The van der Waals surface area contributed by atoms with Crippen LogP contribution in [0, 0.1) is 0 Å². The van der Waals surface area contributed by atoms with Crippen LogP contribution in [0.1, 0.15) is 111 Å². The van der Waals surface area contributed by atoms with E-state index < -0.39 is 8.07 Å². The smallest absolute Gasteiger partial charge is 0.0723 e. The van der Waals surface area contributed by atoms with Crippen LogP contribution < -0.4 is 5.73 Å². The summed E-state index contributed by atoms with van der Waals surface area (Å²) in [6.07, 6.45) is 18.2. The van der Waals surface area contributed by atoms with Crippen molar-refractivity contribution in [1.29, 1.82) is 0 Å². The van der Waals surface area contributed by atoms with Crippen LogP contribution in [0.4, 0.5) is 0 Å². The summed E-state index contributed by atoms with van der Waals surface area (Å²) in [6, 6.07) is 4.54. The molecule has 140 valence electrons. The summed E-state index contributed by atoms with van der Waals surface area (Å²) >= 11 is 0. The molecular weight excluding hydrogens is 294 g/mol. The van der Waals surface area contributed by atoms with Gasteiger partial charge in [-0.25, -0.2) is 0 Å². The van der Waals surface area contributed by atoms with Crippen molar-refractivity contribution >= 4 is 8.07 Å². The second-order valence-electron chi connectivity index (χ2n) is 7.81. The van der Waals surface area contributed by atoms with Crippen molar-refractivity contribution in [3.05, 3.63) is 0 Å². The molecule has 2 heteroatoms. The average Bonchev–Trinajstić information content (AvgIpc) is 2.58. The molecule has 0 radical (unpaired) electrons. The van der Waals surface area contributed by atoms with E-state index >= 15 is 0 Å². The SMILES string of the molecule is CCCCCC[Si](CCCCCC)(CCCCCC)C(N)CC. The molecule has 0 saturated heterocycles. The normalized spacial score (nSPS) is 13.4. The zero-order chi connectivity index (χ0) is 17.4. The second kappa shape index (κ2) is 15.7. The summed E-state index contributed by atoms with van der Waals surface area (Å²) < 4.78 is 0. The molecule has 0 fully saturated rings. The maximum atomic E-state index is 6.76. The van der Waals surface area contributed by atoms with Gasteiger partial charge >= 0.3 is 0 Å². The molecule has 0 aromatic rings. The number of hydrogen-bond donors (Lipinski definition) is 1. The van der Waals surface area contributed by atoms with Gasteiger partial charge in [0.1, 0.15) is 0 Å². The number of unbranched alkanes of at least 4 members (excludes halogenated alkanes) is 9. The molecule has 0 amide bonds. The predicted octanol–water partition coefficient (Wildman–Crippen LogP) is 7.45. The molecule has 0 aliphatic carbocycles. The van der Waals surface area contributed by atoms with Gasteiger partial charge in [0.25, 0.3) is 0 Å². The molecule has 1 atom stereocenters. The molecule has 0 aliphatic rings. The molecular formula is C21H47NSi. The topological polar surface area (TPSA) is 26.0 Å². The van der Waals surface area contributed by atoms with Gasteiger partial charge in [0.2, 0.25) is 0 Å². The number of nitrogens with two attached hydrogens (primary N) is 1. The van der Waals surface area contributed by atoms with Crippen LogP contribution >= 0.6 is 0 Å². The van der Waals surface area contributed by atoms with Gasteiger partial charge in [-0.2, -0.15) is 0 Å². The van der Waals surface area contributed by atoms with Gasteiger partial charge in [-0.3, -0.25) is 0 Å². The van der Waals surface area contributed by atoms with E-state index in [-0.39, 0.29) is 0 Å². The molecule has 0 aromatic heterocycles. The molecule has 0 spiro atoms. The van der Waals surface area contributed by atoms with E-state index in [0.29, 0.717) is 5.67 Å². The van der Waals surface area contributed by atoms with Crippen LogP contribution in [0.5, 0.6) is 0 Å². The summed E-state index contributed by atoms with van der Waals surface area (Å²) in [5, 5.41) is 0. The highest BCUT2D eigenvalue weighted by molar-refractivity contribution is 6.81. The fourth-order valence-corrected chi connectivity index (χ4v) is 9.67. The fraction of sp³-hybridized carbons (Fsp3) is 1.00. The van der Waals surface area contributed by atoms with E-state index in [0.717, 1.165) is 0 Å².